The van der Waals surface area contributed by atoms with Crippen LogP contribution in [0.1, 0.15) is 38.2 Å². The highest BCUT2D eigenvalue weighted by Crippen LogP contribution is 2.26. The summed E-state index contributed by atoms with van der Waals surface area (Å²) in [5.74, 6) is 1.03. The van der Waals surface area contributed by atoms with Crippen LogP contribution in [0.25, 0.3) is 6.08 Å². The Morgan fingerprint density at radius 1 is 1.20 bits per heavy atom. The molecule has 0 aromatic heterocycles. The lowest BCUT2D eigenvalue weighted by atomic mass is 10.1. The Morgan fingerprint density at radius 2 is 2.07 bits per heavy atom. The predicted octanol–water partition coefficient (Wildman–Crippen LogP) is 4.04. The van der Waals surface area contributed by atoms with Crippen LogP contribution in [0, 0.1) is 0 Å². The third-order valence-corrected chi connectivity index (χ3v) is 2.78. The van der Waals surface area contributed by atoms with Gasteiger partial charge in [0.25, 0.3) is 0 Å². The normalized spacial score (nSPS) is 18.3. The fourth-order valence-electron chi connectivity index (χ4n) is 1.89. The highest BCUT2D eigenvalue weighted by Gasteiger charge is 2.12. The summed E-state index contributed by atoms with van der Waals surface area (Å²) in [5, 5.41) is 0. The van der Waals surface area contributed by atoms with Crippen LogP contribution in [-0.4, -0.2) is 6.10 Å². The van der Waals surface area contributed by atoms with E-state index >= 15 is 0 Å². The van der Waals surface area contributed by atoms with Crippen LogP contribution in [0.5, 0.6) is 5.75 Å². The highest BCUT2D eigenvalue weighted by atomic mass is 16.5. The van der Waals surface area contributed by atoms with Crippen LogP contribution in [0.15, 0.2) is 30.3 Å². The van der Waals surface area contributed by atoms with E-state index in [0.717, 1.165) is 12.2 Å². The van der Waals surface area contributed by atoms with Gasteiger partial charge in [-0.25, -0.2) is 0 Å². The maximum atomic E-state index is 5.89. The molecule has 0 saturated heterocycles. The third-order valence-electron chi connectivity index (χ3n) is 2.78. The van der Waals surface area contributed by atoms with E-state index in [0.29, 0.717) is 0 Å². The maximum absolute atomic E-state index is 5.89. The Labute approximate surface area is 91.8 Å². The molecule has 0 bridgehead atoms. The molecule has 0 aliphatic carbocycles. The third kappa shape index (κ3) is 2.62. The number of ether oxygens (including phenoxy) is 1. The Hall–Kier alpha value is -1.24. The molecule has 0 fully saturated rings. The van der Waals surface area contributed by atoms with Crippen LogP contribution < -0.4 is 4.74 Å². The van der Waals surface area contributed by atoms with Gasteiger partial charge in [0.15, 0.2) is 0 Å². The van der Waals surface area contributed by atoms with Crippen molar-refractivity contribution in [2.75, 3.05) is 0 Å². The van der Waals surface area contributed by atoms with Gasteiger partial charge in [0.05, 0.1) is 0 Å². The number of benzene rings is 1. The highest BCUT2D eigenvalue weighted by molar-refractivity contribution is 5.59. The molecule has 1 nitrogen and oxygen atoms in total. The van der Waals surface area contributed by atoms with E-state index in [2.05, 4.69) is 25.1 Å². The van der Waals surface area contributed by atoms with Crippen molar-refractivity contribution in [3.8, 4) is 5.75 Å². The lowest BCUT2D eigenvalue weighted by Gasteiger charge is -2.21. The molecule has 0 spiro atoms. The minimum absolute atomic E-state index is 0.284. The van der Waals surface area contributed by atoms with Gasteiger partial charge in [0, 0.05) is 5.56 Å². The van der Waals surface area contributed by atoms with Crippen molar-refractivity contribution in [3.05, 3.63) is 35.9 Å². The molecule has 15 heavy (non-hydrogen) atoms. The van der Waals surface area contributed by atoms with Crippen LogP contribution in [0.3, 0.4) is 0 Å². The minimum atomic E-state index is 0.284. The first-order valence-electron chi connectivity index (χ1n) is 5.84. The maximum Gasteiger partial charge on any atom is 0.127 e. The number of fused-ring (bicyclic) bond motifs is 1. The topological polar surface area (TPSA) is 9.23 Å². The van der Waals surface area contributed by atoms with E-state index in [9.17, 15) is 0 Å². The molecule has 0 amide bonds. The predicted molar refractivity (Wildman–Crippen MR) is 64.0 cm³/mol. The average Bonchev–Trinajstić information content (AvgIpc) is 2.29. The molecule has 0 saturated carbocycles. The second kappa shape index (κ2) is 5.01. The molecule has 1 unspecified atom stereocenters. The van der Waals surface area contributed by atoms with Crippen molar-refractivity contribution in [2.45, 2.75) is 38.7 Å². The molecule has 1 atom stereocenters. The molecular weight excluding hydrogens is 184 g/mol. The van der Waals surface area contributed by atoms with Gasteiger partial charge in [0.1, 0.15) is 11.9 Å². The smallest absolute Gasteiger partial charge is 0.127 e. The largest absolute Gasteiger partial charge is 0.486 e. The summed E-state index contributed by atoms with van der Waals surface area (Å²) in [7, 11) is 0. The first kappa shape index (κ1) is 10.3. The molecule has 1 aliphatic heterocycles. The Kier molecular flexibility index (Phi) is 3.44. The summed E-state index contributed by atoms with van der Waals surface area (Å²) >= 11 is 0. The Morgan fingerprint density at radius 3 is 2.93 bits per heavy atom. The zero-order valence-corrected chi connectivity index (χ0v) is 9.28. The van der Waals surface area contributed by atoms with Crippen molar-refractivity contribution in [2.24, 2.45) is 0 Å². The molecule has 0 radical (unpaired) electrons. The fourth-order valence-corrected chi connectivity index (χ4v) is 1.89. The Balaban J connectivity index is 1.94. The van der Waals surface area contributed by atoms with Crippen molar-refractivity contribution < 1.29 is 4.74 Å². The first-order valence-corrected chi connectivity index (χ1v) is 5.84. The summed E-state index contributed by atoms with van der Waals surface area (Å²) in [5.41, 5.74) is 1.20. The zero-order valence-electron chi connectivity index (χ0n) is 9.28. The van der Waals surface area contributed by atoms with Crippen LogP contribution in [0.2, 0.25) is 0 Å². The van der Waals surface area contributed by atoms with Crippen LogP contribution >= 0.6 is 0 Å². The van der Waals surface area contributed by atoms with Crippen molar-refractivity contribution >= 4 is 6.08 Å². The molecule has 1 heteroatoms. The molecule has 1 heterocycles. The molecule has 1 aromatic carbocycles. The second-order valence-corrected chi connectivity index (χ2v) is 4.05. The number of hydrogen-bond donors (Lipinski definition) is 0. The van der Waals surface area contributed by atoms with E-state index in [4.69, 9.17) is 4.74 Å². The fraction of sp³-hybridized carbons (Fsp3) is 0.429. The van der Waals surface area contributed by atoms with Crippen molar-refractivity contribution in [1.29, 1.82) is 0 Å². The number of para-hydroxylation sites is 1. The number of unbranched alkanes of at least 4 members (excludes halogenated alkanes) is 2. The molecule has 1 aliphatic rings. The van der Waals surface area contributed by atoms with Gasteiger partial charge in [-0.1, -0.05) is 44.0 Å². The Bertz CT molecular complexity index is 341. The van der Waals surface area contributed by atoms with E-state index in [-0.39, 0.29) is 6.10 Å². The number of rotatable bonds is 4. The van der Waals surface area contributed by atoms with Crippen LogP contribution in [-0.2, 0) is 0 Å². The lowest BCUT2D eigenvalue weighted by molar-refractivity contribution is 0.230. The van der Waals surface area contributed by atoms with E-state index < -0.39 is 0 Å². The van der Waals surface area contributed by atoms with Gasteiger partial charge in [-0.2, -0.15) is 0 Å². The summed E-state index contributed by atoms with van der Waals surface area (Å²) in [6.45, 7) is 2.23. The second-order valence-electron chi connectivity index (χ2n) is 4.05. The summed E-state index contributed by atoms with van der Waals surface area (Å²) in [6.07, 6.45) is 9.61. The molecule has 2 rings (SSSR count). The van der Waals surface area contributed by atoms with Crippen LogP contribution in [0.4, 0.5) is 0 Å². The summed E-state index contributed by atoms with van der Waals surface area (Å²) in [4.78, 5) is 0. The average molecular weight is 202 g/mol. The van der Waals surface area contributed by atoms with E-state index in [1.54, 1.807) is 0 Å². The van der Waals surface area contributed by atoms with Gasteiger partial charge >= 0.3 is 0 Å². The standard InChI is InChI=1S/C14H18O/c1-2-3-4-8-13-11-10-12-7-5-6-9-14(12)15-13/h5-7,9-11,13H,2-4,8H2,1H3. The van der Waals surface area contributed by atoms with Gasteiger partial charge in [-0.05, 0) is 25.0 Å². The van der Waals surface area contributed by atoms with Gasteiger partial charge in [-0.15, -0.1) is 0 Å². The zero-order chi connectivity index (χ0) is 10.5. The first-order chi connectivity index (χ1) is 7.40. The summed E-state index contributed by atoms with van der Waals surface area (Å²) < 4.78 is 5.89. The van der Waals surface area contributed by atoms with E-state index in [1.807, 2.05) is 18.2 Å². The SMILES string of the molecule is CCCCCC1C=Cc2ccccc2O1. The molecule has 0 N–H and O–H groups in total. The molecule has 1 aromatic rings. The van der Waals surface area contributed by atoms with Gasteiger partial charge < -0.3 is 4.74 Å². The van der Waals surface area contributed by atoms with Gasteiger partial charge in [0.2, 0.25) is 0 Å². The lowest BCUT2D eigenvalue weighted by Crippen LogP contribution is -2.16. The number of hydrogen-bond acceptors (Lipinski definition) is 1. The quantitative estimate of drug-likeness (QED) is 0.669. The molecular formula is C14H18O. The molecule has 80 valence electrons. The minimum Gasteiger partial charge on any atom is -0.486 e. The van der Waals surface area contributed by atoms with Crippen molar-refractivity contribution in [3.63, 3.8) is 0 Å². The van der Waals surface area contributed by atoms with E-state index in [1.165, 1.54) is 24.8 Å². The van der Waals surface area contributed by atoms with Crippen molar-refractivity contribution in [1.82, 2.24) is 0 Å². The van der Waals surface area contributed by atoms with Gasteiger partial charge in [-0.3, -0.25) is 0 Å². The summed E-state index contributed by atoms with van der Waals surface area (Å²) in [6, 6.07) is 8.21. The monoisotopic (exact) mass is 202 g/mol.